The Morgan fingerprint density at radius 3 is 1.60 bits per heavy atom. The molecule has 0 saturated heterocycles. The predicted octanol–water partition coefficient (Wildman–Crippen LogP) is 10.7. The van der Waals surface area contributed by atoms with Crippen molar-refractivity contribution in [1.82, 2.24) is 15.0 Å². The summed E-state index contributed by atoms with van der Waals surface area (Å²) in [5.74, 6) is 1.90. The van der Waals surface area contributed by atoms with Crippen molar-refractivity contribution in [2.24, 2.45) is 0 Å². The number of furan rings is 1. The van der Waals surface area contributed by atoms with E-state index < -0.39 is 0 Å². The summed E-state index contributed by atoms with van der Waals surface area (Å²) in [6.45, 7) is 0. The van der Waals surface area contributed by atoms with Crippen molar-refractivity contribution < 1.29 is 4.42 Å². The molecule has 0 N–H and O–H groups in total. The fourth-order valence-corrected chi connectivity index (χ4v) is 6.31. The standard InChI is InChI=1S/C41H25N3O/c1-3-11-26(12-4-1)28-19-21-37-34(23-28)35-25-30(20-22-38(35)45-37)40-42-39(27-13-5-2-6-14-27)43-41(44-40)36-24-29-15-7-8-16-31(29)32-17-9-10-18-33(32)36/h1-25H. The molecule has 0 bridgehead atoms. The Morgan fingerprint density at radius 2 is 0.867 bits per heavy atom. The normalized spacial score (nSPS) is 11.6. The van der Waals surface area contributed by atoms with E-state index >= 15 is 0 Å². The monoisotopic (exact) mass is 575 g/mol. The summed E-state index contributed by atoms with van der Waals surface area (Å²) in [6.07, 6.45) is 0. The summed E-state index contributed by atoms with van der Waals surface area (Å²) in [6, 6.07) is 52.2. The van der Waals surface area contributed by atoms with Gasteiger partial charge in [0.05, 0.1) is 0 Å². The van der Waals surface area contributed by atoms with Crippen LogP contribution >= 0.6 is 0 Å². The lowest BCUT2D eigenvalue weighted by Gasteiger charge is -2.12. The summed E-state index contributed by atoms with van der Waals surface area (Å²) in [7, 11) is 0. The summed E-state index contributed by atoms with van der Waals surface area (Å²) in [5, 5.41) is 6.73. The Hall–Kier alpha value is -6.13. The quantitative estimate of drug-likeness (QED) is 0.196. The van der Waals surface area contributed by atoms with E-state index in [2.05, 4.69) is 103 Å². The maximum atomic E-state index is 6.26. The highest BCUT2D eigenvalue weighted by atomic mass is 16.3. The maximum Gasteiger partial charge on any atom is 0.164 e. The lowest BCUT2D eigenvalue weighted by Crippen LogP contribution is -2.00. The van der Waals surface area contributed by atoms with Gasteiger partial charge in [0.25, 0.3) is 0 Å². The SMILES string of the molecule is c1ccc(-c2ccc3oc4ccc(-c5nc(-c6ccccc6)nc(-c6cc7ccccc7c7ccccc67)n5)cc4c3c2)cc1. The fourth-order valence-electron chi connectivity index (χ4n) is 6.31. The van der Waals surface area contributed by atoms with Crippen LogP contribution in [0, 0.1) is 0 Å². The molecule has 0 unspecified atom stereocenters. The van der Waals surface area contributed by atoms with Gasteiger partial charge in [0, 0.05) is 27.5 Å². The van der Waals surface area contributed by atoms with Crippen LogP contribution in [0.15, 0.2) is 156 Å². The molecule has 0 saturated carbocycles. The second-order valence-electron chi connectivity index (χ2n) is 11.3. The van der Waals surface area contributed by atoms with Gasteiger partial charge in [0.1, 0.15) is 11.2 Å². The van der Waals surface area contributed by atoms with Crippen LogP contribution in [0.2, 0.25) is 0 Å². The van der Waals surface area contributed by atoms with Gasteiger partial charge in [-0.3, -0.25) is 0 Å². The Balaban J connectivity index is 1.27. The van der Waals surface area contributed by atoms with Crippen LogP contribution < -0.4 is 0 Å². The highest BCUT2D eigenvalue weighted by molar-refractivity contribution is 6.13. The molecule has 0 radical (unpaired) electrons. The van der Waals surface area contributed by atoms with E-state index in [1.54, 1.807) is 0 Å². The number of aromatic nitrogens is 3. The molecule has 0 atom stereocenters. The molecule has 9 aromatic rings. The first-order valence-corrected chi connectivity index (χ1v) is 15.0. The molecule has 0 fully saturated rings. The van der Waals surface area contributed by atoms with Gasteiger partial charge in [-0.15, -0.1) is 0 Å². The second-order valence-corrected chi connectivity index (χ2v) is 11.3. The van der Waals surface area contributed by atoms with Crippen LogP contribution in [0.5, 0.6) is 0 Å². The molecule has 0 aliphatic heterocycles. The van der Waals surface area contributed by atoms with Crippen molar-refractivity contribution in [2.75, 3.05) is 0 Å². The summed E-state index contributed by atoms with van der Waals surface area (Å²) < 4.78 is 6.26. The molecule has 2 aromatic heterocycles. The third kappa shape index (κ3) is 4.35. The number of nitrogens with zero attached hydrogens (tertiary/aromatic N) is 3. The van der Waals surface area contributed by atoms with Gasteiger partial charge in [-0.2, -0.15) is 0 Å². The van der Waals surface area contributed by atoms with Gasteiger partial charge >= 0.3 is 0 Å². The van der Waals surface area contributed by atoms with Crippen molar-refractivity contribution in [2.45, 2.75) is 0 Å². The minimum absolute atomic E-state index is 0.617. The Labute approximate surface area is 259 Å². The average Bonchev–Trinajstić information content (AvgIpc) is 3.49. The maximum absolute atomic E-state index is 6.26. The van der Waals surface area contributed by atoms with E-state index in [4.69, 9.17) is 19.4 Å². The van der Waals surface area contributed by atoms with E-state index in [0.717, 1.165) is 55.0 Å². The van der Waals surface area contributed by atoms with Crippen LogP contribution in [0.1, 0.15) is 0 Å². The highest BCUT2D eigenvalue weighted by Gasteiger charge is 2.17. The summed E-state index contributed by atoms with van der Waals surface area (Å²) in [5.41, 5.74) is 6.82. The molecule has 4 heteroatoms. The average molecular weight is 576 g/mol. The topological polar surface area (TPSA) is 51.8 Å². The molecular weight excluding hydrogens is 550 g/mol. The fraction of sp³-hybridized carbons (Fsp3) is 0. The number of rotatable bonds is 4. The second kappa shape index (κ2) is 10.2. The van der Waals surface area contributed by atoms with Crippen LogP contribution in [0.25, 0.3) is 88.8 Å². The largest absolute Gasteiger partial charge is 0.456 e. The van der Waals surface area contributed by atoms with Crippen molar-refractivity contribution in [3.05, 3.63) is 152 Å². The zero-order chi connectivity index (χ0) is 29.7. The first kappa shape index (κ1) is 25.4. The number of benzene rings is 7. The molecule has 9 rings (SSSR count). The summed E-state index contributed by atoms with van der Waals surface area (Å²) in [4.78, 5) is 15.2. The van der Waals surface area contributed by atoms with Gasteiger partial charge in [-0.05, 0) is 69.1 Å². The van der Waals surface area contributed by atoms with E-state index in [-0.39, 0.29) is 0 Å². The highest BCUT2D eigenvalue weighted by Crippen LogP contribution is 2.37. The van der Waals surface area contributed by atoms with Crippen molar-refractivity contribution in [3.8, 4) is 45.3 Å². The molecule has 7 aromatic carbocycles. The van der Waals surface area contributed by atoms with Crippen LogP contribution in [-0.2, 0) is 0 Å². The van der Waals surface area contributed by atoms with E-state index in [0.29, 0.717) is 17.5 Å². The van der Waals surface area contributed by atoms with E-state index in [9.17, 15) is 0 Å². The summed E-state index contributed by atoms with van der Waals surface area (Å²) >= 11 is 0. The number of hydrogen-bond donors (Lipinski definition) is 0. The van der Waals surface area contributed by atoms with Crippen LogP contribution in [-0.4, -0.2) is 15.0 Å². The Bertz CT molecular complexity index is 2540. The lowest BCUT2D eigenvalue weighted by molar-refractivity contribution is 0.669. The zero-order valence-electron chi connectivity index (χ0n) is 24.2. The Morgan fingerprint density at radius 1 is 0.333 bits per heavy atom. The van der Waals surface area contributed by atoms with Crippen LogP contribution in [0.3, 0.4) is 0 Å². The minimum atomic E-state index is 0.617. The molecule has 45 heavy (non-hydrogen) atoms. The van der Waals surface area contributed by atoms with E-state index in [1.165, 1.54) is 16.3 Å². The molecule has 210 valence electrons. The Kier molecular flexibility index (Phi) is 5.78. The third-order valence-electron chi connectivity index (χ3n) is 8.51. The molecule has 4 nitrogen and oxygen atoms in total. The zero-order valence-corrected chi connectivity index (χ0v) is 24.2. The number of fused-ring (bicyclic) bond motifs is 6. The third-order valence-corrected chi connectivity index (χ3v) is 8.51. The first-order chi connectivity index (χ1) is 22.3. The van der Waals surface area contributed by atoms with Gasteiger partial charge in [-0.1, -0.05) is 115 Å². The molecule has 2 heterocycles. The first-order valence-electron chi connectivity index (χ1n) is 15.0. The van der Waals surface area contributed by atoms with Gasteiger partial charge < -0.3 is 4.42 Å². The van der Waals surface area contributed by atoms with Crippen molar-refractivity contribution >= 4 is 43.5 Å². The molecule has 0 aliphatic rings. The minimum Gasteiger partial charge on any atom is -0.456 e. The van der Waals surface area contributed by atoms with Crippen molar-refractivity contribution in [1.29, 1.82) is 0 Å². The van der Waals surface area contributed by atoms with E-state index in [1.807, 2.05) is 48.5 Å². The molecule has 0 aliphatic carbocycles. The van der Waals surface area contributed by atoms with Crippen molar-refractivity contribution in [3.63, 3.8) is 0 Å². The van der Waals surface area contributed by atoms with Gasteiger partial charge in [0.15, 0.2) is 17.5 Å². The lowest BCUT2D eigenvalue weighted by atomic mass is 9.97. The molecule has 0 amide bonds. The van der Waals surface area contributed by atoms with Crippen LogP contribution in [0.4, 0.5) is 0 Å². The van der Waals surface area contributed by atoms with Gasteiger partial charge in [-0.25, -0.2) is 15.0 Å². The molecule has 0 spiro atoms. The predicted molar refractivity (Wildman–Crippen MR) is 184 cm³/mol. The van der Waals surface area contributed by atoms with Gasteiger partial charge in [0.2, 0.25) is 0 Å². The molecular formula is C41H25N3O. The number of hydrogen-bond acceptors (Lipinski definition) is 4. The smallest absolute Gasteiger partial charge is 0.164 e.